The molecule has 120 valence electrons. The van der Waals surface area contributed by atoms with E-state index in [2.05, 4.69) is 0 Å². The molecule has 0 N–H and O–H groups in total. The molecule has 1 aliphatic carbocycles. The lowest BCUT2D eigenvalue weighted by molar-refractivity contribution is -0.147. The molecule has 2 atom stereocenters. The van der Waals surface area contributed by atoms with Crippen LogP contribution in [0.25, 0.3) is 0 Å². The highest BCUT2D eigenvalue weighted by Crippen LogP contribution is 2.59. The minimum absolute atomic E-state index is 0.0600. The normalized spacial score (nSPS) is 22.9. The van der Waals surface area contributed by atoms with Crippen molar-refractivity contribution < 1.29 is 18.3 Å². The molecule has 0 radical (unpaired) electrons. The molecule has 0 amide bonds. The van der Waals surface area contributed by atoms with Crippen molar-refractivity contribution >= 4 is 29.2 Å². The van der Waals surface area contributed by atoms with E-state index in [0.717, 1.165) is 0 Å². The van der Waals surface area contributed by atoms with Gasteiger partial charge < -0.3 is 4.74 Å². The van der Waals surface area contributed by atoms with Crippen LogP contribution in [0.4, 0.5) is 8.78 Å². The Labute approximate surface area is 138 Å². The van der Waals surface area contributed by atoms with E-state index < -0.39 is 17.6 Å². The molecule has 1 aromatic rings. The van der Waals surface area contributed by atoms with Gasteiger partial charge in [-0.1, -0.05) is 49.2 Å². The number of rotatable bonds is 4. The van der Waals surface area contributed by atoms with Crippen LogP contribution >= 0.6 is 23.2 Å². The van der Waals surface area contributed by atoms with Crippen LogP contribution < -0.4 is 0 Å². The smallest absolute Gasteiger partial charge is 0.310 e. The Morgan fingerprint density at radius 2 is 1.86 bits per heavy atom. The predicted octanol–water partition coefficient (Wildman–Crippen LogP) is 5.16. The highest BCUT2D eigenvalue weighted by Gasteiger charge is 2.61. The number of ether oxygens (including phenoxy) is 1. The van der Waals surface area contributed by atoms with Crippen LogP contribution in [0.15, 0.2) is 18.2 Å². The summed E-state index contributed by atoms with van der Waals surface area (Å²) in [6.45, 7) is 5.45. The zero-order chi connectivity index (χ0) is 16.7. The Morgan fingerprint density at radius 1 is 1.32 bits per heavy atom. The zero-order valence-electron chi connectivity index (χ0n) is 12.4. The van der Waals surface area contributed by atoms with Crippen molar-refractivity contribution in [2.24, 2.45) is 17.3 Å². The molecular formula is C16H16Cl2F2O2. The molecule has 1 aromatic carbocycles. The maximum absolute atomic E-state index is 13.4. The van der Waals surface area contributed by atoms with Gasteiger partial charge in [-0.2, -0.15) is 0 Å². The van der Waals surface area contributed by atoms with Crippen molar-refractivity contribution in [2.45, 2.75) is 27.4 Å². The number of hydrogen-bond donors (Lipinski definition) is 0. The van der Waals surface area contributed by atoms with Crippen LogP contribution in [0, 0.1) is 28.9 Å². The minimum atomic E-state index is -0.937. The molecule has 22 heavy (non-hydrogen) atoms. The average Bonchev–Trinajstić information content (AvgIpc) is 2.98. The third-order valence-corrected chi connectivity index (χ3v) is 4.94. The molecule has 6 heteroatoms. The van der Waals surface area contributed by atoms with E-state index in [4.69, 9.17) is 27.9 Å². The Kier molecular flexibility index (Phi) is 4.83. The first kappa shape index (κ1) is 17.2. The van der Waals surface area contributed by atoms with E-state index in [1.807, 2.05) is 32.9 Å². The summed E-state index contributed by atoms with van der Waals surface area (Å²) in [7, 11) is 0. The summed E-state index contributed by atoms with van der Waals surface area (Å²) in [5.74, 6) is -2.48. The van der Waals surface area contributed by atoms with Gasteiger partial charge in [-0.05, 0) is 18.3 Å². The topological polar surface area (TPSA) is 26.3 Å². The maximum Gasteiger partial charge on any atom is 0.310 e. The SMILES string of the molecule is CC=C[C@@H]1[C@@H](C(=O)OCc2c(Cl)c(F)cc(F)c2Cl)C1(C)C. The van der Waals surface area contributed by atoms with E-state index in [9.17, 15) is 13.6 Å². The quantitative estimate of drug-likeness (QED) is 0.426. The summed E-state index contributed by atoms with van der Waals surface area (Å²) < 4.78 is 32.0. The van der Waals surface area contributed by atoms with E-state index in [0.29, 0.717) is 6.07 Å². The first-order valence-corrected chi connectivity index (χ1v) is 7.58. The first-order valence-electron chi connectivity index (χ1n) is 6.83. The molecule has 0 aliphatic heterocycles. The van der Waals surface area contributed by atoms with Crippen molar-refractivity contribution in [3.8, 4) is 0 Å². The van der Waals surface area contributed by atoms with Crippen molar-refractivity contribution in [3.05, 3.63) is 45.5 Å². The Bertz CT molecular complexity index is 615. The molecule has 0 bridgehead atoms. The summed E-state index contributed by atoms with van der Waals surface area (Å²) >= 11 is 11.5. The second-order valence-electron chi connectivity index (χ2n) is 5.91. The molecule has 0 unspecified atom stereocenters. The molecule has 0 aromatic heterocycles. The van der Waals surface area contributed by atoms with Crippen molar-refractivity contribution in [2.75, 3.05) is 0 Å². The third-order valence-electron chi connectivity index (χ3n) is 4.13. The molecular weight excluding hydrogens is 333 g/mol. The molecule has 0 heterocycles. The van der Waals surface area contributed by atoms with E-state index >= 15 is 0 Å². The molecule has 2 rings (SSSR count). The van der Waals surface area contributed by atoms with E-state index in [1.54, 1.807) is 0 Å². The standard InChI is InChI=1S/C16H16Cl2F2O2/c1-4-5-9-12(16(9,2)3)15(21)22-7-8-13(17)10(19)6-11(20)14(8)18/h4-6,9,12H,7H2,1-3H3/t9-,12+/m1/s1. The first-order chi connectivity index (χ1) is 10.2. The molecule has 0 spiro atoms. The van der Waals surface area contributed by atoms with Crippen LogP contribution in [0.5, 0.6) is 0 Å². The van der Waals surface area contributed by atoms with Gasteiger partial charge in [0.15, 0.2) is 0 Å². The predicted molar refractivity (Wildman–Crippen MR) is 81.7 cm³/mol. The fourth-order valence-corrected chi connectivity index (χ4v) is 3.13. The van der Waals surface area contributed by atoms with Crippen LogP contribution in [0.2, 0.25) is 10.0 Å². The van der Waals surface area contributed by atoms with Crippen LogP contribution in [0.3, 0.4) is 0 Å². The number of hydrogen-bond acceptors (Lipinski definition) is 2. The lowest BCUT2D eigenvalue weighted by Gasteiger charge is -2.10. The zero-order valence-corrected chi connectivity index (χ0v) is 13.9. The molecule has 1 saturated carbocycles. The van der Waals surface area contributed by atoms with Gasteiger partial charge in [0.05, 0.1) is 16.0 Å². The number of halogens is 4. The molecule has 0 saturated heterocycles. The maximum atomic E-state index is 13.4. The summed E-state index contributed by atoms with van der Waals surface area (Å²) in [5.41, 5.74) is -0.250. The molecule has 1 fully saturated rings. The largest absolute Gasteiger partial charge is 0.460 e. The summed E-state index contributed by atoms with van der Waals surface area (Å²) in [5, 5.41) is -0.668. The van der Waals surface area contributed by atoms with Gasteiger partial charge in [0, 0.05) is 11.6 Å². The van der Waals surface area contributed by atoms with Crippen LogP contribution in [0.1, 0.15) is 26.3 Å². The van der Waals surface area contributed by atoms with Crippen molar-refractivity contribution in [3.63, 3.8) is 0 Å². The van der Waals surface area contributed by atoms with Crippen molar-refractivity contribution in [1.82, 2.24) is 0 Å². The van der Waals surface area contributed by atoms with Gasteiger partial charge in [-0.15, -0.1) is 0 Å². The fourth-order valence-electron chi connectivity index (χ4n) is 2.68. The lowest BCUT2D eigenvalue weighted by atomic mass is 10.1. The minimum Gasteiger partial charge on any atom is -0.460 e. The Hall–Kier alpha value is -1.13. The third kappa shape index (κ3) is 2.99. The number of allylic oxidation sites excluding steroid dienone is 2. The van der Waals surface area contributed by atoms with Crippen molar-refractivity contribution in [1.29, 1.82) is 0 Å². The highest BCUT2D eigenvalue weighted by molar-refractivity contribution is 6.36. The van der Waals surface area contributed by atoms with Gasteiger partial charge in [0.25, 0.3) is 0 Å². The number of esters is 1. The second-order valence-corrected chi connectivity index (χ2v) is 6.66. The number of carbonyl (C=O) groups is 1. The van der Waals surface area contributed by atoms with Gasteiger partial charge in [-0.3, -0.25) is 4.79 Å². The Balaban J connectivity index is 2.10. The van der Waals surface area contributed by atoms with E-state index in [1.165, 1.54) is 0 Å². The van der Waals surface area contributed by atoms with Gasteiger partial charge >= 0.3 is 5.97 Å². The van der Waals surface area contributed by atoms with Crippen LogP contribution in [-0.4, -0.2) is 5.97 Å². The molecule has 1 aliphatic rings. The molecule has 2 nitrogen and oxygen atoms in total. The summed E-state index contributed by atoms with van der Waals surface area (Å²) in [6.07, 6.45) is 3.84. The van der Waals surface area contributed by atoms with E-state index in [-0.39, 0.29) is 39.5 Å². The number of benzene rings is 1. The Morgan fingerprint density at radius 3 is 2.36 bits per heavy atom. The van der Waals surface area contributed by atoms with Crippen LogP contribution in [-0.2, 0) is 16.1 Å². The summed E-state index contributed by atoms with van der Waals surface area (Å²) in [4.78, 5) is 12.1. The van der Waals surface area contributed by atoms with Gasteiger partial charge in [0.2, 0.25) is 0 Å². The van der Waals surface area contributed by atoms with Gasteiger partial charge in [0.1, 0.15) is 18.2 Å². The summed E-state index contributed by atoms with van der Waals surface area (Å²) in [6, 6.07) is 0.599. The van der Waals surface area contributed by atoms with Gasteiger partial charge in [-0.25, -0.2) is 8.78 Å². The average molecular weight is 349 g/mol. The fraction of sp³-hybridized carbons (Fsp3) is 0.438. The lowest BCUT2D eigenvalue weighted by Crippen LogP contribution is -2.11. The number of carbonyl (C=O) groups excluding carboxylic acids is 1. The highest BCUT2D eigenvalue weighted by atomic mass is 35.5. The second kappa shape index (κ2) is 6.17. The monoisotopic (exact) mass is 348 g/mol.